The minimum absolute atomic E-state index is 0.0819. The second-order valence-corrected chi connectivity index (χ2v) is 4.82. The monoisotopic (exact) mass is 308 g/mol. The van der Waals surface area contributed by atoms with Gasteiger partial charge in [-0.3, -0.25) is 4.79 Å². The van der Waals surface area contributed by atoms with Crippen molar-refractivity contribution in [1.29, 1.82) is 0 Å². The molecule has 0 bridgehead atoms. The minimum atomic E-state index is -0.450. The van der Waals surface area contributed by atoms with E-state index in [0.29, 0.717) is 11.5 Å². The molecule has 0 aliphatic rings. The Balaban J connectivity index is 1.83. The topological polar surface area (TPSA) is 80.9 Å². The summed E-state index contributed by atoms with van der Waals surface area (Å²) in [5.41, 5.74) is 7.30. The molecule has 0 spiro atoms. The summed E-state index contributed by atoms with van der Waals surface area (Å²) < 4.78 is 12.9. The van der Waals surface area contributed by atoms with Crippen molar-refractivity contribution in [2.75, 3.05) is 11.1 Å². The molecule has 0 fully saturated rings. The third-order valence-corrected chi connectivity index (χ3v) is 3.20. The number of carbonyl (C=O) groups excluding carboxylic acids is 1. The van der Waals surface area contributed by atoms with E-state index < -0.39 is 5.91 Å². The van der Waals surface area contributed by atoms with Crippen LogP contribution in [0.4, 0.5) is 15.9 Å². The quantitative estimate of drug-likeness (QED) is 0.779. The van der Waals surface area contributed by atoms with Crippen molar-refractivity contribution in [1.82, 2.24) is 9.97 Å². The van der Waals surface area contributed by atoms with Gasteiger partial charge in [0.15, 0.2) is 5.82 Å². The maximum Gasteiger partial charge on any atom is 0.260 e. The number of hydrogen-bond donors (Lipinski definition) is 2. The molecule has 0 radical (unpaired) electrons. The van der Waals surface area contributed by atoms with E-state index >= 15 is 0 Å². The zero-order valence-corrected chi connectivity index (χ0v) is 12.0. The molecule has 0 saturated heterocycles. The summed E-state index contributed by atoms with van der Waals surface area (Å²) in [7, 11) is 0. The maximum atomic E-state index is 12.9. The molecule has 0 aliphatic carbocycles. The Morgan fingerprint density at radius 2 is 1.74 bits per heavy atom. The molecule has 3 aromatic rings. The third-order valence-electron chi connectivity index (χ3n) is 3.20. The van der Waals surface area contributed by atoms with Gasteiger partial charge >= 0.3 is 0 Å². The first-order chi connectivity index (χ1) is 11.1. The summed E-state index contributed by atoms with van der Waals surface area (Å²) in [5.74, 6) is -0.299. The lowest BCUT2D eigenvalue weighted by atomic mass is 10.2. The second-order valence-electron chi connectivity index (χ2n) is 4.82. The van der Waals surface area contributed by atoms with Gasteiger partial charge in [0.05, 0.1) is 0 Å². The number of benzene rings is 2. The fourth-order valence-electron chi connectivity index (χ4n) is 2.03. The second kappa shape index (κ2) is 6.23. The maximum absolute atomic E-state index is 12.9. The van der Waals surface area contributed by atoms with E-state index in [1.807, 2.05) is 30.3 Å². The Bertz CT molecular complexity index is 835. The highest BCUT2D eigenvalue weighted by atomic mass is 19.1. The van der Waals surface area contributed by atoms with Crippen LogP contribution in [-0.2, 0) is 0 Å². The average Bonchev–Trinajstić information content (AvgIpc) is 2.57. The number of nitrogens with one attached hydrogen (secondary N) is 1. The van der Waals surface area contributed by atoms with Gasteiger partial charge in [-0.2, -0.15) is 0 Å². The molecule has 2 aromatic carbocycles. The SMILES string of the molecule is Nc1nc(-c2ccccc2)ncc1C(=O)Nc1ccc(F)cc1. The third kappa shape index (κ3) is 3.32. The molecule has 6 heteroatoms. The standard InChI is InChI=1S/C17H13FN4O/c18-12-6-8-13(9-7-12)21-17(23)14-10-20-16(22-15(14)19)11-4-2-1-3-5-11/h1-10H,(H,21,23)(H2,19,20,22). The van der Waals surface area contributed by atoms with E-state index in [2.05, 4.69) is 15.3 Å². The fraction of sp³-hybridized carbons (Fsp3) is 0. The van der Waals surface area contributed by atoms with Crippen LogP contribution in [0.1, 0.15) is 10.4 Å². The number of amides is 1. The van der Waals surface area contributed by atoms with Crippen molar-refractivity contribution in [3.8, 4) is 11.4 Å². The van der Waals surface area contributed by atoms with Gasteiger partial charge in [-0.25, -0.2) is 14.4 Å². The highest BCUT2D eigenvalue weighted by Gasteiger charge is 2.13. The smallest absolute Gasteiger partial charge is 0.260 e. The van der Waals surface area contributed by atoms with E-state index in [1.165, 1.54) is 30.5 Å². The zero-order valence-electron chi connectivity index (χ0n) is 12.0. The molecule has 0 atom stereocenters. The average molecular weight is 308 g/mol. The van der Waals surface area contributed by atoms with Crippen molar-refractivity contribution in [2.45, 2.75) is 0 Å². The number of nitrogens with two attached hydrogens (primary N) is 1. The van der Waals surface area contributed by atoms with Crippen molar-refractivity contribution in [3.05, 3.63) is 72.2 Å². The largest absolute Gasteiger partial charge is 0.383 e. The molecule has 0 unspecified atom stereocenters. The highest BCUT2D eigenvalue weighted by Crippen LogP contribution is 2.18. The number of nitrogens with zero attached hydrogens (tertiary/aromatic N) is 2. The Labute approximate surface area is 132 Å². The summed E-state index contributed by atoms with van der Waals surface area (Å²) in [6.45, 7) is 0. The number of anilines is 2. The molecule has 1 heterocycles. The van der Waals surface area contributed by atoms with Gasteiger partial charge in [-0.05, 0) is 24.3 Å². The van der Waals surface area contributed by atoms with Crippen LogP contribution in [0.2, 0.25) is 0 Å². The van der Waals surface area contributed by atoms with Gasteiger partial charge in [0.25, 0.3) is 5.91 Å². The van der Waals surface area contributed by atoms with Crippen LogP contribution in [-0.4, -0.2) is 15.9 Å². The van der Waals surface area contributed by atoms with Gasteiger partial charge in [0.1, 0.15) is 17.2 Å². The number of carbonyl (C=O) groups is 1. The highest BCUT2D eigenvalue weighted by molar-refractivity contribution is 6.07. The van der Waals surface area contributed by atoms with Crippen molar-refractivity contribution in [3.63, 3.8) is 0 Å². The number of rotatable bonds is 3. The predicted octanol–water partition coefficient (Wildman–Crippen LogP) is 3.12. The minimum Gasteiger partial charge on any atom is -0.383 e. The van der Waals surface area contributed by atoms with Crippen LogP contribution in [0.3, 0.4) is 0 Å². The predicted molar refractivity (Wildman–Crippen MR) is 86.2 cm³/mol. The first-order valence-corrected chi connectivity index (χ1v) is 6.88. The normalized spacial score (nSPS) is 10.3. The molecule has 114 valence electrons. The van der Waals surface area contributed by atoms with Crippen LogP contribution >= 0.6 is 0 Å². The Morgan fingerprint density at radius 3 is 2.39 bits per heavy atom. The summed E-state index contributed by atoms with van der Waals surface area (Å²) in [6.07, 6.45) is 1.38. The van der Waals surface area contributed by atoms with Gasteiger partial charge in [-0.15, -0.1) is 0 Å². The van der Waals surface area contributed by atoms with Crippen LogP contribution in [0.5, 0.6) is 0 Å². The van der Waals surface area contributed by atoms with E-state index in [-0.39, 0.29) is 17.2 Å². The Hall–Kier alpha value is -3.28. The Morgan fingerprint density at radius 1 is 1.04 bits per heavy atom. The molecule has 3 N–H and O–H groups in total. The molecule has 0 saturated carbocycles. The molecule has 1 aromatic heterocycles. The van der Waals surface area contributed by atoms with Crippen LogP contribution < -0.4 is 11.1 Å². The number of nitrogen functional groups attached to an aromatic ring is 1. The summed E-state index contributed by atoms with van der Waals surface area (Å²) in [5, 5.41) is 2.62. The zero-order chi connectivity index (χ0) is 16.2. The molecule has 23 heavy (non-hydrogen) atoms. The lowest BCUT2D eigenvalue weighted by Gasteiger charge is -2.08. The van der Waals surface area contributed by atoms with E-state index in [1.54, 1.807) is 0 Å². The van der Waals surface area contributed by atoms with Crippen LogP contribution in [0.15, 0.2) is 60.8 Å². The fourth-order valence-corrected chi connectivity index (χ4v) is 2.03. The van der Waals surface area contributed by atoms with Gasteiger partial charge < -0.3 is 11.1 Å². The lowest BCUT2D eigenvalue weighted by molar-refractivity contribution is 0.102. The molecule has 1 amide bonds. The number of hydrogen-bond acceptors (Lipinski definition) is 4. The molecular formula is C17H13FN4O. The van der Waals surface area contributed by atoms with Crippen molar-refractivity contribution in [2.24, 2.45) is 0 Å². The molecular weight excluding hydrogens is 295 g/mol. The van der Waals surface area contributed by atoms with E-state index in [0.717, 1.165) is 5.56 Å². The summed E-state index contributed by atoms with van der Waals surface area (Å²) in [6, 6.07) is 14.8. The van der Waals surface area contributed by atoms with Crippen LogP contribution in [0.25, 0.3) is 11.4 Å². The molecule has 5 nitrogen and oxygen atoms in total. The lowest BCUT2D eigenvalue weighted by Crippen LogP contribution is -2.15. The first-order valence-electron chi connectivity index (χ1n) is 6.88. The first kappa shape index (κ1) is 14.6. The number of halogens is 1. The Kier molecular flexibility index (Phi) is 3.97. The summed E-state index contributed by atoms with van der Waals surface area (Å²) >= 11 is 0. The van der Waals surface area contributed by atoms with Crippen LogP contribution in [0, 0.1) is 5.82 Å². The van der Waals surface area contributed by atoms with Gasteiger partial charge in [-0.1, -0.05) is 30.3 Å². The molecule has 0 aliphatic heterocycles. The van der Waals surface area contributed by atoms with Gasteiger partial charge in [0, 0.05) is 17.4 Å². The van der Waals surface area contributed by atoms with E-state index in [9.17, 15) is 9.18 Å². The molecule has 3 rings (SSSR count). The number of aromatic nitrogens is 2. The van der Waals surface area contributed by atoms with Gasteiger partial charge in [0.2, 0.25) is 0 Å². The van der Waals surface area contributed by atoms with E-state index in [4.69, 9.17) is 5.73 Å². The summed E-state index contributed by atoms with van der Waals surface area (Å²) in [4.78, 5) is 20.5. The van der Waals surface area contributed by atoms with Crippen molar-refractivity contribution >= 4 is 17.4 Å². The van der Waals surface area contributed by atoms with Crippen molar-refractivity contribution < 1.29 is 9.18 Å².